The van der Waals surface area contributed by atoms with E-state index in [4.69, 9.17) is 23.2 Å². The van der Waals surface area contributed by atoms with Gasteiger partial charge in [-0.25, -0.2) is 0 Å². The normalized spacial score (nSPS) is 11.1. The van der Waals surface area contributed by atoms with Gasteiger partial charge in [0.25, 0.3) is 5.69 Å². The van der Waals surface area contributed by atoms with Crippen molar-refractivity contribution in [2.75, 3.05) is 0 Å². The summed E-state index contributed by atoms with van der Waals surface area (Å²) in [5.74, 6) is 0.567. The molecule has 5 rings (SSSR count). The number of fused-ring (bicyclic) bond motifs is 1. The van der Waals surface area contributed by atoms with Gasteiger partial charge in [0.05, 0.1) is 26.0 Å². The van der Waals surface area contributed by atoms with Gasteiger partial charge in [0.1, 0.15) is 0 Å². The average molecular weight is 495 g/mol. The summed E-state index contributed by atoms with van der Waals surface area (Å²) in [5, 5.41) is 22.8. The Morgan fingerprint density at radius 3 is 2.52 bits per heavy atom. The number of rotatable bonds is 5. The van der Waals surface area contributed by atoms with Crippen molar-refractivity contribution in [2.45, 2.75) is 10.1 Å². The maximum absolute atomic E-state index is 11.5. The molecular formula is C22H12Cl2N6O2S. The van der Waals surface area contributed by atoms with Gasteiger partial charge in [-0.2, -0.15) is 0 Å². The minimum absolute atomic E-state index is 0.00977. The first-order valence-electron chi connectivity index (χ1n) is 9.53. The van der Waals surface area contributed by atoms with E-state index in [0.717, 1.165) is 10.5 Å². The molecule has 0 N–H and O–H groups in total. The van der Waals surface area contributed by atoms with E-state index in [1.54, 1.807) is 42.9 Å². The minimum Gasteiger partial charge on any atom is -0.270 e. The second kappa shape index (κ2) is 8.78. The predicted molar refractivity (Wildman–Crippen MR) is 127 cm³/mol. The van der Waals surface area contributed by atoms with Crippen LogP contribution in [0.15, 0.2) is 83.4 Å². The summed E-state index contributed by atoms with van der Waals surface area (Å²) >= 11 is 13.7. The molecule has 0 aliphatic heterocycles. The van der Waals surface area contributed by atoms with Gasteiger partial charge in [0.15, 0.2) is 5.82 Å². The molecule has 0 amide bonds. The molecule has 0 saturated carbocycles. The molecule has 0 radical (unpaired) electrons. The number of non-ortho nitro benzene ring substituents is 1. The van der Waals surface area contributed by atoms with Gasteiger partial charge in [-0.15, -0.1) is 10.2 Å². The molecule has 0 unspecified atom stereocenters. The molecule has 0 aliphatic rings. The highest BCUT2D eigenvalue weighted by Crippen LogP contribution is 2.39. The van der Waals surface area contributed by atoms with Crippen molar-refractivity contribution in [1.82, 2.24) is 24.7 Å². The number of nitro benzene ring substituents is 1. The Labute approximate surface area is 201 Å². The van der Waals surface area contributed by atoms with Crippen LogP contribution < -0.4 is 0 Å². The molecule has 0 fully saturated rings. The van der Waals surface area contributed by atoms with E-state index < -0.39 is 4.92 Å². The summed E-state index contributed by atoms with van der Waals surface area (Å²) in [6, 6.07) is 13.9. The third kappa shape index (κ3) is 4.02. The molecule has 0 bridgehead atoms. The van der Waals surface area contributed by atoms with E-state index in [1.165, 1.54) is 24.0 Å². The lowest BCUT2D eigenvalue weighted by molar-refractivity contribution is -0.383. The van der Waals surface area contributed by atoms with Crippen molar-refractivity contribution in [1.29, 1.82) is 0 Å². The number of benzene rings is 2. The van der Waals surface area contributed by atoms with Crippen LogP contribution in [0.5, 0.6) is 0 Å². The van der Waals surface area contributed by atoms with Crippen LogP contribution in [0.4, 0.5) is 5.69 Å². The van der Waals surface area contributed by atoms with Crippen molar-refractivity contribution in [3.05, 3.63) is 93.5 Å². The van der Waals surface area contributed by atoms with Gasteiger partial charge in [-0.05, 0) is 54.2 Å². The fraction of sp³-hybridized carbons (Fsp3) is 0. The van der Waals surface area contributed by atoms with Gasteiger partial charge in [0.2, 0.25) is 5.16 Å². The Bertz CT molecular complexity index is 1510. The quantitative estimate of drug-likeness (QED) is 0.210. The average Bonchev–Trinajstić information content (AvgIpc) is 3.25. The van der Waals surface area contributed by atoms with Gasteiger partial charge in [-0.1, -0.05) is 23.2 Å². The van der Waals surface area contributed by atoms with E-state index >= 15 is 0 Å². The zero-order valence-corrected chi connectivity index (χ0v) is 18.9. The van der Waals surface area contributed by atoms with Crippen LogP contribution in [0.2, 0.25) is 10.0 Å². The zero-order chi connectivity index (χ0) is 22.9. The molecular weight excluding hydrogens is 483 g/mol. The second-order valence-electron chi connectivity index (χ2n) is 6.84. The molecule has 5 aromatic rings. The zero-order valence-electron chi connectivity index (χ0n) is 16.6. The summed E-state index contributed by atoms with van der Waals surface area (Å²) in [6.07, 6.45) is 6.46. The molecule has 3 aromatic heterocycles. The molecule has 0 atom stereocenters. The Balaban J connectivity index is 1.69. The summed E-state index contributed by atoms with van der Waals surface area (Å²) < 4.78 is 1.85. The van der Waals surface area contributed by atoms with Gasteiger partial charge in [-0.3, -0.25) is 24.6 Å². The number of hydrogen-bond acceptors (Lipinski definition) is 7. The van der Waals surface area contributed by atoms with Crippen molar-refractivity contribution < 1.29 is 4.92 Å². The Morgan fingerprint density at radius 2 is 1.76 bits per heavy atom. The smallest absolute Gasteiger partial charge is 0.270 e. The number of nitrogens with zero attached hydrogens (tertiary/aromatic N) is 6. The fourth-order valence-electron chi connectivity index (χ4n) is 3.37. The molecule has 0 spiro atoms. The van der Waals surface area contributed by atoms with Crippen LogP contribution in [-0.2, 0) is 0 Å². The number of pyridine rings is 2. The summed E-state index contributed by atoms with van der Waals surface area (Å²) in [4.78, 5) is 20.0. The summed E-state index contributed by atoms with van der Waals surface area (Å²) in [5.41, 5.74) is 1.47. The van der Waals surface area contributed by atoms with Crippen molar-refractivity contribution >= 4 is 51.4 Å². The summed E-state index contributed by atoms with van der Waals surface area (Å²) in [7, 11) is 0. The predicted octanol–water partition coefficient (Wildman–Crippen LogP) is 6.24. The molecule has 8 nitrogen and oxygen atoms in total. The van der Waals surface area contributed by atoms with Crippen molar-refractivity contribution in [2.24, 2.45) is 0 Å². The monoisotopic (exact) mass is 494 g/mol. The van der Waals surface area contributed by atoms with E-state index in [2.05, 4.69) is 20.2 Å². The maximum atomic E-state index is 11.5. The van der Waals surface area contributed by atoms with E-state index in [1.807, 2.05) is 22.8 Å². The van der Waals surface area contributed by atoms with Crippen LogP contribution >= 0.6 is 35.0 Å². The highest BCUT2D eigenvalue weighted by Gasteiger charge is 2.20. The Hall–Kier alpha value is -3.53. The number of halogens is 2. The molecule has 0 aliphatic carbocycles. The van der Waals surface area contributed by atoms with Crippen LogP contribution in [-0.4, -0.2) is 29.7 Å². The molecule has 3 heterocycles. The van der Waals surface area contributed by atoms with Crippen molar-refractivity contribution in [3.8, 4) is 17.1 Å². The van der Waals surface area contributed by atoms with Crippen molar-refractivity contribution in [3.63, 3.8) is 0 Å². The fourth-order valence-corrected chi connectivity index (χ4v) is 4.65. The third-order valence-electron chi connectivity index (χ3n) is 4.87. The van der Waals surface area contributed by atoms with Gasteiger partial charge in [0, 0.05) is 46.7 Å². The first-order chi connectivity index (χ1) is 16.0. The third-order valence-corrected chi connectivity index (χ3v) is 6.63. The topological polar surface area (TPSA) is 99.6 Å². The number of hydrogen-bond donors (Lipinski definition) is 0. The Morgan fingerprint density at radius 1 is 0.909 bits per heavy atom. The number of nitro groups is 1. The molecule has 33 heavy (non-hydrogen) atoms. The molecule has 162 valence electrons. The second-order valence-corrected chi connectivity index (χ2v) is 8.67. The van der Waals surface area contributed by atoms with Crippen LogP contribution in [0.25, 0.3) is 27.8 Å². The molecule has 0 saturated heterocycles. The highest BCUT2D eigenvalue weighted by molar-refractivity contribution is 7.99. The first kappa shape index (κ1) is 21.3. The van der Waals surface area contributed by atoms with E-state index in [-0.39, 0.29) is 5.69 Å². The minimum atomic E-state index is -0.419. The van der Waals surface area contributed by atoms with Crippen LogP contribution in [0.1, 0.15) is 0 Å². The lowest BCUT2D eigenvalue weighted by Gasteiger charge is -2.12. The molecule has 11 heteroatoms. The van der Waals surface area contributed by atoms with E-state index in [9.17, 15) is 10.1 Å². The van der Waals surface area contributed by atoms with Gasteiger partial charge >= 0.3 is 0 Å². The van der Waals surface area contributed by atoms with Crippen LogP contribution in [0.3, 0.4) is 0 Å². The highest BCUT2D eigenvalue weighted by atomic mass is 35.5. The summed E-state index contributed by atoms with van der Waals surface area (Å²) in [6.45, 7) is 0. The van der Waals surface area contributed by atoms with E-state index in [0.29, 0.717) is 37.5 Å². The Kier molecular flexibility index (Phi) is 5.67. The molecule has 2 aromatic carbocycles. The maximum Gasteiger partial charge on any atom is 0.278 e. The lowest BCUT2D eigenvalue weighted by atomic mass is 10.1. The van der Waals surface area contributed by atoms with Crippen LogP contribution in [0, 0.1) is 10.1 Å². The SMILES string of the molecule is O=[N+]([O-])c1ccc(Sc2nnc(-c3cccnc3)n2-c2ccc(Cl)c(Cl)c2)c2ccncc12. The largest absolute Gasteiger partial charge is 0.278 e. The first-order valence-corrected chi connectivity index (χ1v) is 11.1. The standard InChI is InChI=1S/C22H12Cl2N6O2S/c23-17-4-3-14(10-18(17)24)29-21(13-2-1-8-25-11-13)27-28-22(29)33-20-6-5-19(30(31)32)16-12-26-9-7-15(16)20/h1-12H. The number of aromatic nitrogens is 5. The van der Waals surface area contributed by atoms with Gasteiger partial charge < -0.3 is 0 Å². The lowest BCUT2D eigenvalue weighted by Crippen LogP contribution is -2.00.